The van der Waals surface area contributed by atoms with Crippen LogP contribution >= 0.6 is 0 Å². The van der Waals surface area contributed by atoms with Crippen LogP contribution in [0.15, 0.2) is 24.3 Å². The van der Waals surface area contributed by atoms with Gasteiger partial charge in [0, 0.05) is 12.6 Å². The molecule has 0 saturated carbocycles. The van der Waals surface area contributed by atoms with Crippen LogP contribution in [0, 0.1) is 5.92 Å². The van der Waals surface area contributed by atoms with Gasteiger partial charge in [0.25, 0.3) is 0 Å². The molecule has 3 atom stereocenters. The molecule has 0 amide bonds. The molecule has 0 radical (unpaired) electrons. The molecule has 17 heavy (non-hydrogen) atoms. The second-order valence-electron chi connectivity index (χ2n) is 5.03. The quantitative estimate of drug-likeness (QED) is 0.783. The lowest BCUT2D eigenvalue weighted by molar-refractivity contribution is 0.0352. The predicted octanol–water partition coefficient (Wildman–Crippen LogP) is 2.43. The van der Waals surface area contributed by atoms with Crippen molar-refractivity contribution in [1.82, 2.24) is 4.90 Å². The lowest BCUT2D eigenvalue weighted by Gasteiger charge is -2.22. The minimum absolute atomic E-state index is 0.149. The van der Waals surface area contributed by atoms with E-state index in [1.54, 1.807) is 7.11 Å². The third-order valence-electron chi connectivity index (χ3n) is 4.05. The maximum atomic E-state index is 5.94. The SMILES string of the molecule is COc1ccc([C@H]2OC[C@@H]3[C@@H](C)CCN23)cc1. The molecule has 2 aliphatic heterocycles. The molecule has 0 N–H and O–H groups in total. The zero-order valence-electron chi connectivity index (χ0n) is 10.4. The van der Waals surface area contributed by atoms with E-state index in [-0.39, 0.29) is 6.23 Å². The molecule has 2 saturated heterocycles. The first-order valence-electron chi connectivity index (χ1n) is 6.31. The lowest BCUT2D eigenvalue weighted by Crippen LogP contribution is -2.29. The van der Waals surface area contributed by atoms with Crippen molar-refractivity contribution in [3.05, 3.63) is 29.8 Å². The van der Waals surface area contributed by atoms with Crippen molar-refractivity contribution >= 4 is 0 Å². The molecule has 2 heterocycles. The summed E-state index contributed by atoms with van der Waals surface area (Å²) in [5.74, 6) is 1.66. The van der Waals surface area contributed by atoms with Gasteiger partial charge in [-0.2, -0.15) is 0 Å². The molecular formula is C14H19NO2. The predicted molar refractivity (Wildman–Crippen MR) is 66.0 cm³/mol. The molecule has 0 bridgehead atoms. The highest BCUT2D eigenvalue weighted by molar-refractivity contribution is 5.29. The maximum Gasteiger partial charge on any atom is 0.137 e. The molecule has 0 spiro atoms. The normalized spacial score (nSPS) is 32.7. The lowest BCUT2D eigenvalue weighted by atomic mass is 10.0. The Morgan fingerprint density at radius 1 is 1.29 bits per heavy atom. The summed E-state index contributed by atoms with van der Waals surface area (Å²) in [5.41, 5.74) is 1.24. The Bertz CT molecular complexity index is 390. The second-order valence-corrected chi connectivity index (χ2v) is 5.03. The van der Waals surface area contributed by atoms with Gasteiger partial charge in [-0.25, -0.2) is 0 Å². The van der Waals surface area contributed by atoms with E-state index in [9.17, 15) is 0 Å². The fourth-order valence-corrected chi connectivity index (χ4v) is 2.93. The van der Waals surface area contributed by atoms with Crippen molar-refractivity contribution in [2.45, 2.75) is 25.6 Å². The Kier molecular flexibility index (Phi) is 2.81. The van der Waals surface area contributed by atoms with Gasteiger partial charge in [0.15, 0.2) is 0 Å². The van der Waals surface area contributed by atoms with E-state index in [2.05, 4.69) is 24.0 Å². The minimum Gasteiger partial charge on any atom is -0.497 e. The van der Waals surface area contributed by atoms with Crippen LogP contribution in [-0.4, -0.2) is 31.2 Å². The Hall–Kier alpha value is -1.06. The van der Waals surface area contributed by atoms with E-state index in [4.69, 9.17) is 9.47 Å². The van der Waals surface area contributed by atoms with E-state index >= 15 is 0 Å². The van der Waals surface area contributed by atoms with E-state index in [1.807, 2.05) is 12.1 Å². The van der Waals surface area contributed by atoms with Gasteiger partial charge < -0.3 is 9.47 Å². The molecule has 0 aromatic heterocycles. The standard InChI is InChI=1S/C14H19NO2/c1-10-7-8-15-13(10)9-17-14(15)11-3-5-12(16-2)6-4-11/h3-6,10,13-14H,7-9H2,1-2H3/t10-,13+,14+/m0/s1. The number of fused-ring (bicyclic) bond motifs is 1. The monoisotopic (exact) mass is 233 g/mol. The van der Waals surface area contributed by atoms with Crippen LogP contribution in [0.5, 0.6) is 5.75 Å². The van der Waals surface area contributed by atoms with Gasteiger partial charge >= 0.3 is 0 Å². The summed E-state index contributed by atoms with van der Waals surface area (Å²) in [6, 6.07) is 8.84. The van der Waals surface area contributed by atoms with Crippen molar-refractivity contribution < 1.29 is 9.47 Å². The summed E-state index contributed by atoms with van der Waals surface area (Å²) in [4.78, 5) is 2.49. The smallest absolute Gasteiger partial charge is 0.137 e. The van der Waals surface area contributed by atoms with Crippen LogP contribution in [-0.2, 0) is 4.74 Å². The Morgan fingerprint density at radius 3 is 2.76 bits per heavy atom. The molecule has 2 aliphatic rings. The van der Waals surface area contributed by atoms with Crippen molar-refractivity contribution in [2.24, 2.45) is 5.92 Å². The maximum absolute atomic E-state index is 5.94. The van der Waals surface area contributed by atoms with E-state index in [0.29, 0.717) is 6.04 Å². The molecule has 3 rings (SSSR count). The van der Waals surface area contributed by atoms with Gasteiger partial charge in [-0.1, -0.05) is 19.1 Å². The molecule has 0 aliphatic carbocycles. The number of hydrogen-bond donors (Lipinski definition) is 0. The van der Waals surface area contributed by atoms with Crippen LogP contribution in [0.1, 0.15) is 25.1 Å². The number of nitrogens with zero attached hydrogens (tertiary/aromatic N) is 1. The van der Waals surface area contributed by atoms with Crippen molar-refractivity contribution in [3.63, 3.8) is 0 Å². The number of benzene rings is 1. The highest BCUT2D eigenvalue weighted by atomic mass is 16.5. The summed E-state index contributed by atoms with van der Waals surface area (Å²) in [5, 5.41) is 0. The van der Waals surface area contributed by atoms with Gasteiger partial charge in [-0.05, 0) is 30.0 Å². The first-order chi connectivity index (χ1) is 8.29. The van der Waals surface area contributed by atoms with Crippen LogP contribution in [0.4, 0.5) is 0 Å². The Morgan fingerprint density at radius 2 is 2.06 bits per heavy atom. The van der Waals surface area contributed by atoms with Crippen LogP contribution < -0.4 is 4.74 Å². The Labute approximate surface area is 102 Å². The van der Waals surface area contributed by atoms with Gasteiger partial charge in [0.1, 0.15) is 12.0 Å². The summed E-state index contributed by atoms with van der Waals surface area (Å²) in [7, 11) is 1.69. The molecule has 3 heteroatoms. The van der Waals surface area contributed by atoms with Gasteiger partial charge in [0.2, 0.25) is 0 Å². The molecule has 1 aromatic rings. The molecule has 1 aromatic carbocycles. The fourth-order valence-electron chi connectivity index (χ4n) is 2.93. The molecular weight excluding hydrogens is 214 g/mol. The van der Waals surface area contributed by atoms with Gasteiger partial charge in [-0.3, -0.25) is 4.90 Å². The second kappa shape index (κ2) is 4.31. The third-order valence-corrected chi connectivity index (χ3v) is 4.05. The molecule has 92 valence electrons. The highest BCUT2D eigenvalue weighted by Gasteiger charge is 2.42. The first kappa shape index (κ1) is 11.1. The third kappa shape index (κ3) is 1.83. The summed E-state index contributed by atoms with van der Waals surface area (Å²) >= 11 is 0. The molecule has 0 unspecified atom stereocenters. The van der Waals surface area contributed by atoms with Gasteiger partial charge in [0.05, 0.1) is 13.7 Å². The summed E-state index contributed by atoms with van der Waals surface area (Å²) in [6.45, 7) is 4.35. The largest absolute Gasteiger partial charge is 0.497 e. The van der Waals surface area contributed by atoms with E-state index in [0.717, 1.165) is 24.8 Å². The number of hydrogen-bond acceptors (Lipinski definition) is 3. The van der Waals surface area contributed by atoms with Crippen LogP contribution in [0.2, 0.25) is 0 Å². The first-order valence-corrected chi connectivity index (χ1v) is 6.31. The molecule has 3 nitrogen and oxygen atoms in total. The fraction of sp³-hybridized carbons (Fsp3) is 0.571. The molecule has 2 fully saturated rings. The average Bonchev–Trinajstić information content (AvgIpc) is 2.93. The topological polar surface area (TPSA) is 21.7 Å². The number of ether oxygens (including phenoxy) is 2. The van der Waals surface area contributed by atoms with Crippen molar-refractivity contribution in [3.8, 4) is 5.75 Å². The van der Waals surface area contributed by atoms with Crippen LogP contribution in [0.25, 0.3) is 0 Å². The van der Waals surface area contributed by atoms with E-state index < -0.39 is 0 Å². The van der Waals surface area contributed by atoms with Crippen molar-refractivity contribution in [1.29, 1.82) is 0 Å². The Balaban J connectivity index is 1.80. The summed E-state index contributed by atoms with van der Waals surface area (Å²) in [6.07, 6.45) is 1.44. The number of rotatable bonds is 2. The number of methoxy groups -OCH3 is 1. The minimum atomic E-state index is 0.149. The summed E-state index contributed by atoms with van der Waals surface area (Å²) < 4.78 is 11.1. The average molecular weight is 233 g/mol. The zero-order valence-corrected chi connectivity index (χ0v) is 10.4. The van der Waals surface area contributed by atoms with Crippen molar-refractivity contribution in [2.75, 3.05) is 20.3 Å². The highest BCUT2D eigenvalue weighted by Crippen LogP contribution is 2.39. The van der Waals surface area contributed by atoms with E-state index in [1.165, 1.54) is 12.0 Å². The van der Waals surface area contributed by atoms with Crippen LogP contribution in [0.3, 0.4) is 0 Å². The van der Waals surface area contributed by atoms with Gasteiger partial charge in [-0.15, -0.1) is 0 Å². The zero-order chi connectivity index (χ0) is 11.8.